The van der Waals surface area contributed by atoms with Crippen LogP contribution in [-0.4, -0.2) is 16.0 Å². The molecule has 0 N–H and O–H groups in total. The van der Waals surface area contributed by atoms with Crippen LogP contribution in [0.2, 0.25) is 0 Å². The standard InChI is InChI=1S/C17H11FINO2S/c18-13-3-1-2-12(8-13)9-15-16(21)20(17(22)23-15)10-11-4-6-14(19)7-5-11/h1-9H,10H2/b15-9+. The smallest absolute Gasteiger partial charge is 0.268 e. The fourth-order valence-electron chi connectivity index (χ4n) is 2.16. The van der Waals surface area contributed by atoms with Gasteiger partial charge in [-0.3, -0.25) is 14.5 Å². The third-order valence-electron chi connectivity index (χ3n) is 3.27. The SMILES string of the molecule is O=C1S/C(=C/c2cccc(F)c2)C(=O)N1Cc1ccc(I)cc1. The Morgan fingerprint density at radius 1 is 1.13 bits per heavy atom. The summed E-state index contributed by atoms with van der Waals surface area (Å²) in [6.45, 7) is 0.238. The molecule has 0 radical (unpaired) electrons. The minimum absolute atomic E-state index is 0.238. The lowest BCUT2D eigenvalue weighted by Crippen LogP contribution is -2.27. The summed E-state index contributed by atoms with van der Waals surface area (Å²) in [7, 11) is 0. The Bertz CT molecular complexity index is 804. The summed E-state index contributed by atoms with van der Waals surface area (Å²) < 4.78 is 14.3. The molecule has 3 nitrogen and oxygen atoms in total. The minimum atomic E-state index is -0.378. The number of nitrogens with zero attached hydrogens (tertiary/aromatic N) is 1. The van der Waals surface area contributed by atoms with Crippen LogP contribution in [-0.2, 0) is 11.3 Å². The summed E-state index contributed by atoms with van der Waals surface area (Å²) >= 11 is 3.08. The van der Waals surface area contributed by atoms with Crippen molar-refractivity contribution in [3.05, 3.63) is 74.0 Å². The summed E-state index contributed by atoms with van der Waals surface area (Å²) in [5, 5.41) is -0.309. The molecule has 0 bridgehead atoms. The number of carbonyl (C=O) groups excluding carboxylic acids is 2. The van der Waals surface area contributed by atoms with E-state index in [1.807, 2.05) is 24.3 Å². The van der Waals surface area contributed by atoms with Crippen molar-refractivity contribution < 1.29 is 14.0 Å². The first-order valence-electron chi connectivity index (χ1n) is 6.78. The molecule has 0 spiro atoms. The van der Waals surface area contributed by atoms with E-state index in [1.54, 1.807) is 18.2 Å². The van der Waals surface area contributed by atoms with Crippen LogP contribution in [0.15, 0.2) is 53.4 Å². The number of amides is 2. The maximum absolute atomic E-state index is 13.2. The summed E-state index contributed by atoms with van der Waals surface area (Å²) in [5.41, 5.74) is 1.45. The van der Waals surface area contributed by atoms with Crippen molar-refractivity contribution in [3.63, 3.8) is 0 Å². The lowest BCUT2D eigenvalue weighted by Gasteiger charge is -2.12. The van der Waals surface area contributed by atoms with Gasteiger partial charge in [0, 0.05) is 3.57 Å². The van der Waals surface area contributed by atoms with Crippen molar-refractivity contribution in [2.75, 3.05) is 0 Å². The normalized spacial score (nSPS) is 16.4. The molecule has 6 heteroatoms. The van der Waals surface area contributed by atoms with Crippen LogP contribution in [0, 0.1) is 9.39 Å². The van der Waals surface area contributed by atoms with Crippen LogP contribution >= 0.6 is 34.4 Å². The van der Waals surface area contributed by atoms with Gasteiger partial charge in [-0.15, -0.1) is 0 Å². The van der Waals surface area contributed by atoms with Crippen LogP contribution in [0.3, 0.4) is 0 Å². The Balaban J connectivity index is 1.81. The summed E-state index contributed by atoms with van der Waals surface area (Å²) in [6.07, 6.45) is 1.54. The maximum atomic E-state index is 13.2. The third kappa shape index (κ3) is 3.81. The highest BCUT2D eigenvalue weighted by Gasteiger charge is 2.34. The molecule has 2 aromatic carbocycles. The van der Waals surface area contributed by atoms with Crippen molar-refractivity contribution in [2.45, 2.75) is 6.54 Å². The Morgan fingerprint density at radius 3 is 2.57 bits per heavy atom. The zero-order valence-corrected chi connectivity index (χ0v) is 14.8. The highest BCUT2D eigenvalue weighted by atomic mass is 127. The van der Waals surface area contributed by atoms with Gasteiger partial charge in [0.2, 0.25) is 0 Å². The Labute approximate surface area is 150 Å². The topological polar surface area (TPSA) is 37.4 Å². The predicted octanol–water partition coefficient (Wildman–Crippen LogP) is 4.67. The maximum Gasteiger partial charge on any atom is 0.293 e. The number of thioether (sulfide) groups is 1. The first kappa shape index (κ1) is 16.2. The van der Waals surface area contributed by atoms with Crippen LogP contribution in [0.1, 0.15) is 11.1 Å². The first-order valence-corrected chi connectivity index (χ1v) is 8.68. The molecule has 0 unspecified atom stereocenters. The molecule has 2 aromatic rings. The second-order valence-corrected chi connectivity index (χ2v) is 7.19. The van der Waals surface area contributed by atoms with E-state index in [0.29, 0.717) is 10.5 Å². The second-order valence-electron chi connectivity index (χ2n) is 4.95. The Kier molecular flexibility index (Phi) is 4.82. The molecule has 0 aliphatic carbocycles. The van der Waals surface area contributed by atoms with Crippen molar-refractivity contribution in [2.24, 2.45) is 0 Å². The van der Waals surface area contributed by atoms with E-state index < -0.39 is 0 Å². The molecule has 1 aliphatic heterocycles. The number of carbonyl (C=O) groups is 2. The molecular formula is C17H11FINO2S. The number of benzene rings is 2. The number of hydrogen-bond donors (Lipinski definition) is 0. The van der Waals surface area contributed by atoms with Crippen LogP contribution in [0.5, 0.6) is 0 Å². The third-order valence-corrected chi connectivity index (χ3v) is 4.90. The summed E-state index contributed by atoms with van der Waals surface area (Å²) in [6, 6.07) is 13.6. The van der Waals surface area contributed by atoms with Gasteiger partial charge in [0.05, 0.1) is 11.4 Å². The molecule has 0 aromatic heterocycles. The van der Waals surface area contributed by atoms with Crippen LogP contribution in [0.4, 0.5) is 9.18 Å². The predicted molar refractivity (Wildman–Crippen MR) is 97.1 cm³/mol. The molecule has 1 heterocycles. The van der Waals surface area contributed by atoms with Gasteiger partial charge in [-0.1, -0.05) is 24.3 Å². The molecule has 0 saturated carbocycles. The number of hydrogen-bond acceptors (Lipinski definition) is 3. The molecule has 116 valence electrons. The fourth-order valence-corrected chi connectivity index (χ4v) is 3.35. The minimum Gasteiger partial charge on any atom is -0.268 e. The van der Waals surface area contributed by atoms with Crippen molar-refractivity contribution in [3.8, 4) is 0 Å². The number of imide groups is 1. The van der Waals surface area contributed by atoms with Crippen molar-refractivity contribution >= 4 is 51.6 Å². The number of halogens is 2. The van der Waals surface area contributed by atoms with Gasteiger partial charge < -0.3 is 0 Å². The van der Waals surface area contributed by atoms with Gasteiger partial charge in [0.15, 0.2) is 0 Å². The van der Waals surface area contributed by atoms with Gasteiger partial charge in [-0.05, 0) is 75.8 Å². The van der Waals surface area contributed by atoms with Gasteiger partial charge in [-0.2, -0.15) is 0 Å². The summed E-state index contributed by atoms with van der Waals surface area (Å²) in [5.74, 6) is -0.723. The van der Waals surface area contributed by atoms with E-state index in [9.17, 15) is 14.0 Å². The van der Waals surface area contributed by atoms with Gasteiger partial charge in [-0.25, -0.2) is 4.39 Å². The van der Waals surface area contributed by atoms with Gasteiger partial charge >= 0.3 is 0 Å². The zero-order valence-electron chi connectivity index (χ0n) is 11.8. The molecule has 2 amide bonds. The zero-order chi connectivity index (χ0) is 16.4. The quantitative estimate of drug-likeness (QED) is 0.516. The molecule has 1 fully saturated rings. The Morgan fingerprint density at radius 2 is 1.87 bits per heavy atom. The number of rotatable bonds is 3. The monoisotopic (exact) mass is 439 g/mol. The molecule has 23 heavy (non-hydrogen) atoms. The molecule has 1 saturated heterocycles. The fraction of sp³-hybridized carbons (Fsp3) is 0.0588. The lowest BCUT2D eigenvalue weighted by atomic mass is 10.2. The molecule has 1 aliphatic rings. The average molecular weight is 439 g/mol. The largest absolute Gasteiger partial charge is 0.293 e. The van der Waals surface area contributed by atoms with E-state index >= 15 is 0 Å². The van der Waals surface area contributed by atoms with E-state index in [2.05, 4.69) is 22.6 Å². The van der Waals surface area contributed by atoms with Crippen molar-refractivity contribution in [1.82, 2.24) is 4.90 Å². The van der Waals surface area contributed by atoms with Crippen LogP contribution in [0.25, 0.3) is 6.08 Å². The van der Waals surface area contributed by atoms with E-state index in [-0.39, 0.29) is 23.5 Å². The lowest BCUT2D eigenvalue weighted by molar-refractivity contribution is -0.123. The van der Waals surface area contributed by atoms with E-state index in [1.165, 1.54) is 17.0 Å². The highest BCUT2D eigenvalue weighted by Crippen LogP contribution is 2.33. The second kappa shape index (κ2) is 6.84. The average Bonchev–Trinajstić information content (AvgIpc) is 2.77. The van der Waals surface area contributed by atoms with Gasteiger partial charge in [0.25, 0.3) is 11.1 Å². The van der Waals surface area contributed by atoms with Gasteiger partial charge in [0.1, 0.15) is 5.82 Å². The first-order chi connectivity index (χ1) is 11.0. The molecular weight excluding hydrogens is 428 g/mol. The van der Waals surface area contributed by atoms with Crippen molar-refractivity contribution in [1.29, 1.82) is 0 Å². The van der Waals surface area contributed by atoms with E-state index in [0.717, 1.165) is 20.9 Å². The molecule has 3 rings (SSSR count). The highest BCUT2D eigenvalue weighted by molar-refractivity contribution is 14.1. The van der Waals surface area contributed by atoms with Crippen LogP contribution < -0.4 is 0 Å². The molecule has 0 atom stereocenters. The summed E-state index contributed by atoms with van der Waals surface area (Å²) in [4.78, 5) is 26.0. The Hall–Kier alpha value is -1.67. The van der Waals surface area contributed by atoms with E-state index in [4.69, 9.17) is 0 Å².